The average Bonchev–Trinajstić information content (AvgIpc) is 3.13. The molecule has 1 unspecified atom stereocenters. The van der Waals surface area contributed by atoms with Crippen molar-refractivity contribution in [1.82, 2.24) is 15.1 Å². The number of aromatic nitrogens is 2. The normalized spacial score (nSPS) is 17.4. The maximum atomic E-state index is 12.7. The lowest BCUT2D eigenvalue weighted by Gasteiger charge is -2.35. The highest BCUT2D eigenvalue weighted by atomic mass is 16.2. The van der Waals surface area contributed by atoms with Crippen LogP contribution < -0.4 is 5.73 Å². The number of carbonyl (C=O) groups is 2. The Morgan fingerprint density at radius 1 is 1.24 bits per heavy atom. The van der Waals surface area contributed by atoms with Crippen LogP contribution in [0.3, 0.4) is 0 Å². The minimum Gasteiger partial charge on any atom is -0.364 e. The maximum absolute atomic E-state index is 12.7. The Labute approximate surface area is 147 Å². The number of benzene rings is 1. The van der Waals surface area contributed by atoms with E-state index in [1.165, 1.54) is 5.56 Å². The number of aryl methyl sites for hydroxylation is 1. The Bertz CT molecular complexity index is 726. The number of carbonyl (C=O) groups excluding carboxylic acids is 2. The molecule has 25 heavy (non-hydrogen) atoms. The van der Waals surface area contributed by atoms with Crippen LogP contribution in [0, 0.1) is 0 Å². The largest absolute Gasteiger partial charge is 0.364 e. The highest BCUT2D eigenvalue weighted by molar-refractivity contribution is 5.90. The van der Waals surface area contributed by atoms with Crippen molar-refractivity contribution in [1.29, 1.82) is 0 Å². The standard InChI is InChI=1S/C19H24N4O2/c20-19(25)16-13-15(21-22-16)17-10-4-5-12-23(17)18(24)11-6-9-14-7-2-1-3-8-14/h1-3,7-8,13,17H,4-6,9-12H2,(H2,20,25)(H,21,22). The summed E-state index contributed by atoms with van der Waals surface area (Å²) >= 11 is 0. The SMILES string of the molecule is NC(=O)c1cc(C2CCCCN2C(=O)CCCc2ccccc2)[nH]n1. The first kappa shape index (κ1) is 17.2. The molecule has 1 aliphatic rings. The van der Waals surface area contributed by atoms with Crippen LogP contribution in [0.2, 0.25) is 0 Å². The molecule has 2 aromatic rings. The van der Waals surface area contributed by atoms with Gasteiger partial charge >= 0.3 is 0 Å². The van der Waals surface area contributed by atoms with E-state index in [9.17, 15) is 9.59 Å². The molecule has 0 bridgehead atoms. The maximum Gasteiger partial charge on any atom is 0.269 e. The van der Waals surface area contributed by atoms with Crippen molar-refractivity contribution in [3.63, 3.8) is 0 Å². The first-order valence-electron chi connectivity index (χ1n) is 8.83. The Kier molecular flexibility index (Phi) is 5.48. The van der Waals surface area contributed by atoms with Gasteiger partial charge in [0.05, 0.1) is 11.7 Å². The number of H-pyrrole nitrogens is 1. The highest BCUT2D eigenvalue weighted by Gasteiger charge is 2.29. The van der Waals surface area contributed by atoms with Crippen LogP contribution >= 0.6 is 0 Å². The quantitative estimate of drug-likeness (QED) is 0.846. The summed E-state index contributed by atoms with van der Waals surface area (Å²) in [5.74, 6) is -0.394. The number of rotatable bonds is 6. The van der Waals surface area contributed by atoms with Crippen LogP contribution in [0.15, 0.2) is 36.4 Å². The topological polar surface area (TPSA) is 92.1 Å². The number of primary amides is 1. The van der Waals surface area contributed by atoms with Crippen molar-refractivity contribution < 1.29 is 9.59 Å². The van der Waals surface area contributed by atoms with E-state index in [2.05, 4.69) is 22.3 Å². The fourth-order valence-corrected chi connectivity index (χ4v) is 3.42. The van der Waals surface area contributed by atoms with E-state index < -0.39 is 5.91 Å². The van der Waals surface area contributed by atoms with Crippen LogP contribution in [0.4, 0.5) is 0 Å². The van der Waals surface area contributed by atoms with E-state index in [-0.39, 0.29) is 17.6 Å². The van der Waals surface area contributed by atoms with Gasteiger partial charge in [-0.3, -0.25) is 14.7 Å². The minimum absolute atomic E-state index is 0.0430. The molecule has 1 fully saturated rings. The third-order valence-corrected chi connectivity index (χ3v) is 4.73. The number of nitrogens with one attached hydrogen (secondary N) is 1. The molecule has 1 aromatic heterocycles. The average molecular weight is 340 g/mol. The molecule has 1 saturated heterocycles. The third kappa shape index (κ3) is 4.26. The van der Waals surface area contributed by atoms with E-state index >= 15 is 0 Å². The monoisotopic (exact) mass is 340 g/mol. The summed E-state index contributed by atoms with van der Waals surface area (Å²) in [5, 5.41) is 6.83. The fourth-order valence-electron chi connectivity index (χ4n) is 3.42. The lowest BCUT2D eigenvalue weighted by atomic mass is 9.98. The molecule has 0 spiro atoms. The van der Waals surface area contributed by atoms with Gasteiger partial charge in [-0.1, -0.05) is 30.3 Å². The molecular formula is C19H24N4O2. The van der Waals surface area contributed by atoms with Crippen molar-refractivity contribution in [3.05, 3.63) is 53.3 Å². The fraction of sp³-hybridized carbons (Fsp3) is 0.421. The van der Waals surface area contributed by atoms with Crippen LogP contribution in [0.1, 0.15) is 59.9 Å². The molecule has 3 rings (SSSR count). The predicted molar refractivity (Wildman–Crippen MR) is 94.8 cm³/mol. The molecule has 6 heteroatoms. The number of amides is 2. The molecule has 0 saturated carbocycles. The van der Waals surface area contributed by atoms with Gasteiger partial charge in [0.1, 0.15) is 5.69 Å². The molecule has 0 aliphatic carbocycles. The van der Waals surface area contributed by atoms with Gasteiger partial charge < -0.3 is 10.6 Å². The zero-order valence-corrected chi connectivity index (χ0v) is 14.3. The number of hydrogen-bond acceptors (Lipinski definition) is 3. The lowest BCUT2D eigenvalue weighted by molar-refractivity contribution is -0.135. The van der Waals surface area contributed by atoms with E-state index in [1.54, 1.807) is 6.07 Å². The van der Waals surface area contributed by atoms with Crippen molar-refractivity contribution in [2.45, 2.75) is 44.6 Å². The Hall–Kier alpha value is -2.63. The molecule has 2 amide bonds. The van der Waals surface area contributed by atoms with E-state index in [0.29, 0.717) is 6.42 Å². The molecule has 1 aromatic carbocycles. The van der Waals surface area contributed by atoms with Crippen molar-refractivity contribution in [3.8, 4) is 0 Å². The van der Waals surface area contributed by atoms with Gasteiger partial charge in [-0.15, -0.1) is 0 Å². The number of nitrogens with zero attached hydrogens (tertiary/aromatic N) is 2. The van der Waals surface area contributed by atoms with Gasteiger partial charge in [-0.2, -0.15) is 5.10 Å². The summed E-state index contributed by atoms with van der Waals surface area (Å²) in [6.45, 7) is 0.750. The molecule has 0 radical (unpaired) electrons. The molecular weight excluding hydrogens is 316 g/mol. The van der Waals surface area contributed by atoms with Crippen molar-refractivity contribution in [2.75, 3.05) is 6.54 Å². The summed E-state index contributed by atoms with van der Waals surface area (Å²) in [6, 6.07) is 11.8. The van der Waals surface area contributed by atoms with Gasteiger partial charge in [0.15, 0.2) is 0 Å². The van der Waals surface area contributed by atoms with Crippen LogP contribution in [0.5, 0.6) is 0 Å². The second-order valence-corrected chi connectivity index (χ2v) is 6.51. The van der Waals surface area contributed by atoms with Crippen molar-refractivity contribution in [2.24, 2.45) is 5.73 Å². The number of aromatic amines is 1. The molecule has 6 nitrogen and oxygen atoms in total. The Morgan fingerprint density at radius 2 is 2.04 bits per heavy atom. The summed E-state index contributed by atoms with van der Waals surface area (Å²) in [7, 11) is 0. The van der Waals surface area contributed by atoms with Crippen LogP contribution in [-0.4, -0.2) is 33.5 Å². The van der Waals surface area contributed by atoms with Gasteiger partial charge in [0.2, 0.25) is 5.91 Å². The molecule has 132 valence electrons. The summed E-state index contributed by atoms with van der Waals surface area (Å²) < 4.78 is 0. The van der Waals surface area contributed by atoms with Crippen LogP contribution in [-0.2, 0) is 11.2 Å². The number of hydrogen-bond donors (Lipinski definition) is 2. The van der Waals surface area contributed by atoms with E-state index in [0.717, 1.165) is 44.3 Å². The Morgan fingerprint density at radius 3 is 2.76 bits per heavy atom. The number of likely N-dealkylation sites (tertiary alicyclic amines) is 1. The number of nitrogens with two attached hydrogens (primary N) is 1. The first-order chi connectivity index (χ1) is 12.1. The van der Waals surface area contributed by atoms with Gasteiger partial charge in [-0.25, -0.2) is 0 Å². The number of piperidine rings is 1. The second kappa shape index (κ2) is 7.96. The van der Waals surface area contributed by atoms with Gasteiger partial charge in [0, 0.05) is 13.0 Å². The second-order valence-electron chi connectivity index (χ2n) is 6.51. The van der Waals surface area contributed by atoms with E-state index in [1.807, 2.05) is 23.1 Å². The molecule has 2 heterocycles. The zero-order valence-electron chi connectivity index (χ0n) is 14.3. The molecule has 1 atom stereocenters. The summed E-state index contributed by atoms with van der Waals surface area (Å²) in [6.07, 6.45) is 5.22. The van der Waals surface area contributed by atoms with E-state index in [4.69, 9.17) is 5.73 Å². The minimum atomic E-state index is -0.556. The third-order valence-electron chi connectivity index (χ3n) is 4.73. The Balaban J connectivity index is 1.61. The van der Waals surface area contributed by atoms with Crippen molar-refractivity contribution >= 4 is 11.8 Å². The van der Waals surface area contributed by atoms with Gasteiger partial charge in [-0.05, 0) is 43.7 Å². The van der Waals surface area contributed by atoms with Gasteiger partial charge in [0.25, 0.3) is 5.91 Å². The van der Waals surface area contributed by atoms with Crippen LogP contribution in [0.25, 0.3) is 0 Å². The first-order valence-corrected chi connectivity index (χ1v) is 8.83. The summed E-state index contributed by atoms with van der Waals surface area (Å²) in [5.41, 5.74) is 7.54. The summed E-state index contributed by atoms with van der Waals surface area (Å²) in [4.78, 5) is 25.9. The smallest absolute Gasteiger partial charge is 0.269 e. The lowest BCUT2D eigenvalue weighted by Crippen LogP contribution is -2.38. The molecule has 1 aliphatic heterocycles. The predicted octanol–water partition coefficient (Wildman–Crippen LogP) is 2.59. The zero-order chi connectivity index (χ0) is 17.6. The molecule has 3 N–H and O–H groups in total. The highest BCUT2D eigenvalue weighted by Crippen LogP contribution is 2.30.